The molecule has 0 saturated heterocycles. The summed E-state index contributed by atoms with van der Waals surface area (Å²) < 4.78 is 5.53. The van der Waals surface area contributed by atoms with Crippen LogP contribution in [0.2, 0.25) is 0 Å². The monoisotopic (exact) mass is 346 g/mol. The average Bonchev–Trinajstić information content (AvgIpc) is 2.65. The lowest BCUT2D eigenvalue weighted by Gasteiger charge is -2.16. The highest BCUT2D eigenvalue weighted by Crippen LogP contribution is 2.30. The zero-order valence-corrected chi connectivity index (χ0v) is 15.2. The lowest BCUT2D eigenvalue weighted by molar-refractivity contribution is 0.0733. The minimum absolute atomic E-state index is 0.173. The number of rotatable bonds is 4. The average molecular weight is 346 g/mol. The summed E-state index contributed by atoms with van der Waals surface area (Å²) in [6, 6.07) is 20.5. The van der Waals surface area contributed by atoms with Crippen molar-refractivity contribution in [2.24, 2.45) is 0 Å². The molecule has 3 nitrogen and oxygen atoms in total. The zero-order valence-electron chi connectivity index (χ0n) is 15.2. The molecule has 0 bridgehead atoms. The fourth-order valence-corrected chi connectivity index (χ4v) is 2.93. The van der Waals surface area contributed by atoms with Gasteiger partial charge >= 0.3 is 5.97 Å². The van der Waals surface area contributed by atoms with Gasteiger partial charge < -0.3 is 9.84 Å². The fraction of sp³-hybridized carbons (Fsp3) is 0.174. The summed E-state index contributed by atoms with van der Waals surface area (Å²) >= 11 is 0. The minimum atomic E-state index is -0.358. The predicted octanol–water partition coefficient (Wildman–Crippen LogP) is 5.38. The van der Waals surface area contributed by atoms with Gasteiger partial charge in [-0.25, -0.2) is 4.79 Å². The molecule has 3 aromatic carbocycles. The van der Waals surface area contributed by atoms with Crippen LogP contribution in [0, 0.1) is 13.8 Å². The zero-order chi connectivity index (χ0) is 18.7. The number of carbonyl (C=O) groups excluding carboxylic acids is 1. The van der Waals surface area contributed by atoms with Crippen LogP contribution in [0.5, 0.6) is 11.5 Å². The first-order valence-corrected chi connectivity index (χ1v) is 8.63. The van der Waals surface area contributed by atoms with Gasteiger partial charge in [0.05, 0.1) is 5.56 Å². The van der Waals surface area contributed by atoms with Crippen molar-refractivity contribution in [3.63, 3.8) is 0 Å². The molecular formula is C23H22O3. The molecule has 0 aromatic heterocycles. The summed E-state index contributed by atoms with van der Waals surface area (Å²) in [5.74, 6) is 0.688. The molecule has 1 atom stereocenters. The van der Waals surface area contributed by atoms with Crippen molar-refractivity contribution in [3.8, 4) is 11.5 Å². The van der Waals surface area contributed by atoms with Crippen LogP contribution in [0.3, 0.4) is 0 Å². The maximum atomic E-state index is 12.2. The van der Waals surface area contributed by atoms with Gasteiger partial charge in [0.25, 0.3) is 0 Å². The summed E-state index contributed by atoms with van der Waals surface area (Å²) in [6.45, 7) is 5.95. The van der Waals surface area contributed by atoms with Crippen molar-refractivity contribution < 1.29 is 14.6 Å². The highest BCUT2D eigenvalue weighted by atomic mass is 16.5. The van der Waals surface area contributed by atoms with E-state index in [2.05, 4.69) is 6.92 Å². The summed E-state index contributed by atoms with van der Waals surface area (Å²) in [4.78, 5) is 12.2. The second-order valence-electron chi connectivity index (χ2n) is 6.55. The van der Waals surface area contributed by atoms with E-state index >= 15 is 0 Å². The molecule has 0 aliphatic carbocycles. The van der Waals surface area contributed by atoms with Crippen molar-refractivity contribution in [1.29, 1.82) is 0 Å². The molecule has 132 valence electrons. The fourth-order valence-electron chi connectivity index (χ4n) is 2.93. The van der Waals surface area contributed by atoms with Gasteiger partial charge in [-0.15, -0.1) is 0 Å². The van der Waals surface area contributed by atoms with Gasteiger partial charge in [-0.2, -0.15) is 0 Å². The molecule has 0 heterocycles. The molecule has 0 aliphatic heterocycles. The Labute approximate surface area is 153 Å². The van der Waals surface area contributed by atoms with Crippen LogP contribution in [0.15, 0.2) is 66.7 Å². The van der Waals surface area contributed by atoms with Crippen LogP contribution in [0.4, 0.5) is 0 Å². The van der Waals surface area contributed by atoms with Gasteiger partial charge in [0.1, 0.15) is 11.5 Å². The Morgan fingerprint density at radius 2 is 1.50 bits per heavy atom. The van der Waals surface area contributed by atoms with Crippen LogP contribution in [-0.2, 0) is 0 Å². The van der Waals surface area contributed by atoms with E-state index in [0.29, 0.717) is 17.1 Å². The van der Waals surface area contributed by atoms with E-state index in [0.717, 1.165) is 22.3 Å². The standard InChI is InChI=1S/C23H22O3/c1-15-13-19(9-11-21(15)24)17(3)20-10-12-22(16(2)14-20)26-23(25)18-7-5-4-6-8-18/h4-14,17,24H,1-3H3. The van der Waals surface area contributed by atoms with Gasteiger partial charge in [0.15, 0.2) is 0 Å². The Hall–Kier alpha value is -3.07. The Kier molecular flexibility index (Phi) is 5.08. The molecule has 0 spiro atoms. The van der Waals surface area contributed by atoms with E-state index in [1.807, 2.05) is 62.4 Å². The SMILES string of the molecule is Cc1cc(C(C)c2ccc(OC(=O)c3ccccc3)c(C)c2)ccc1O. The number of esters is 1. The van der Waals surface area contributed by atoms with E-state index in [9.17, 15) is 9.90 Å². The van der Waals surface area contributed by atoms with E-state index < -0.39 is 0 Å². The Balaban J connectivity index is 1.80. The molecule has 0 amide bonds. The summed E-state index contributed by atoms with van der Waals surface area (Å²) in [5.41, 5.74) is 4.57. The van der Waals surface area contributed by atoms with Crippen molar-refractivity contribution >= 4 is 5.97 Å². The van der Waals surface area contributed by atoms with Gasteiger partial charge in [-0.05, 0) is 60.4 Å². The minimum Gasteiger partial charge on any atom is -0.508 e. The molecule has 3 aromatic rings. The number of hydrogen-bond acceptors (Lipinski definition) is 3. The molecule has 1 unspecified atom stereocenters. The van der Waals surface area contributed by atoms with Crippen molar-refractivity contribution in [2.45, 2.75) is 26.7 Å². The lowest BCUT2D eigenvalue weighted by atomic mass is 9.91. The van der Waals surface area contributed by atoms with Gasteiger partial charge in [0.2, 0.25) is 0 Å². The Morgan fingerprint density at radius 3 is 2.12 bits per heavy atom. The maximum absolute atomic E-state index is 12.2. The molecule has 0 fully saturated rings. The quantitative estimate of drug-likeness (QED) is 0.509. The molecule has 26 heavy (non-hydrogen) atoms. The van der Waals surface area contributed by atoms with Crippen molar-refractivity contribution in [3.05, 3.63) is 94.5 Å². The van der Waals surface area contributed by atoms with Crippen molar-refractivity contribution in [1.82, 2.24) is 0 Å². The summed E-state index contributed by atoms with van der Waals surface area (Å²) in [5, 5.41) is 9.71. The lowest BCUT2D eigenvalue weighted by Crippen LogP contribution is -2.09. The molecule has 1 N–H and O–H groups in total. The number of phenols is 1. The molecule has 0 radical (unpaired) electrons. The van der Waals surface area contributed by atoms with E-state index in [4.69, 9.17) is 4.74 Å². The van der Waals surface area contributed by atoms with E-state index in [-0.39, 0.29) is 11.9 Å². The van der Waals surface area contributed by atoms with E-state index in [1.54, 1.807) is 18.2 Å². The van der Waals surface area contributed by atoms with Crippen LogP contribution < -0.4 is 4.74 Å². The van der Waals surface area contributed by atoms with Gasteiger partial charge in [0, 0.05) is 5.92 Å². The van der Waals surface area contributed by atoms with Gasteiger partial charge in [-0.3, -0.25) is 0 Å². The molecule has 3 heteroatoms. The second kappa shape index (κ2) is 7.44. The third-order valence-corrected chi connectivity index (χ3v) is 4.63. The first-order valence-electron chi connectivity index (χ1n) is 8.63. The highest BCUT2D eigenvalue weighted by molar-refractivity contribution is 5.91. The first kappa shape index (κ1) is 17.7. The van der Waals surface area contributed by atoms with Crippen LogP contribution >= 0.6 is 0 Å². The van der Waals surface area contributed by atoms with Gasteiger partial charge in [-0.1, -0.05) is 49.4 Å². The largest absolute Gasteiger partial charge is 0.508 e. The molecule has 0 saturated carbocycles. The first-order chi connectivity index (χ1) is 12.5. The topological polar surface area (TPSA) is 46.5 Å². The predicted molar refractivity (Wildman–Crippen MR) is 103 cm³/mol. The molecule has 3 rings (SSSR count). The second-order valence-corrected chi connectivity index (χ2v) is 6.55. The van der Waals surface area contributed by atoms with Crippen LogP contribution in [0.25, 0.3) is 0 Å². The highest BCUT2D eigenvalue weighted by Gasteiger charge is 2.14. The smallest absolute Gasteiger partial charge is 0.343 e. The number of phenolic OH excluding ortho intramolecular Hbond substituents is 1. The number of hydrogen-bond donors (Lipinski definition) is 1. The van der Waals surface area contributed by atoms with Crippen molar-refractivity contribution in [2.75, 3.05) is 0 Å². The Morgan fingerprint density at radius 1 is 0.885 bits per heavy atom. The number of carbonyl (C=O) groups is 1. The normalized spacial score (nSPS) is 11.8. The molecular weight excluding hydrogens is 324 g/mol. The molecule has 0 aliphatic rings. The number of aromatic hydroxyl groups is 1. The summed E-state index contributed by atoms with van der Waals surface area (Å²) in [7, 11) is 0. The summed E-state index contributed by atoms with van der Waals surface area (Å²) in [6.07, 6.45) is 0. The number of aryl methyl sites for hydroxylation is 2. The van der Waals surface area contributed by atoms with Crippen LogP contribution in [-0.4, -0.2) is 11.1 Å². The van der Waals surface area contributed by atoms with Crippen LogP contribution in [0.1, 0.15) is 45.5 Å². The number of benzene rings is 3. The number of ether oxygens (including phenoxy) is 1. The Bertz CT molecular complexity index is 929. The third kappa shape index (κ3) is 3.77. The third-order valence-electron chi connectivity index (χ3n) is 4.63. The van der Waals surface area contributed by atoms with E-state index in [1.165, 1.54) is 0 Å². The maximum Gasteiger partial charge on any atom is 0.343 e.